The summed E-state index contributed by atoms with van der Waals surface area (Å²) < 4.78 is 4.95. The van der Waals surface area contributed by atoms with Crippen molar-refractivity contribution < 1.29 is 4.74 Å². The summed E-state index contributed by atoms with van der Waals surface area (Å²) in [7, 11) is 1.73. The lowest BCUT2D eigenvalue weighted by atomic mass is 10.1. The Morgan fingerprint density at radius 2 is 2.00 bits per heavy atom. The summed E-state index contributed by atoms with van der Waals surface area (Å²) in [5, 5.41) is 3.34. The smallest absolute Gasteiger partial charge is 0.0587 e. The molecule has 3 heteroatoms. The van der Waals surface area contributed by atoms with Crippen LogP contribution in [0, 0.1) is 0 Å². The number of hydrogen-bond donors (Lipinski definition) is 1. The molecular weight excluding hydrogens is 188 g/mol. The zero-order chi connectivity index (χ0) is 10.8. The van der Waals surface area contributed by atoms with Gasteiger partial charge in [0.25, 0.3) is 0 Å². The quantitative estimate of drug-likeness (QED) is 0.659. The van der Waals surface area contributed by atoms with E-state index in [4.69, 9.17) is 4.74 Å². The summed E-state index contributed by atoms with van der Waals surface area (Å²) in [6, 6.07) is 4.16. The molecule has 0 unspecified atom stereocenters. The van der Waals surface area contributed by atoms with E-state index in [2.05, 4.69) is 22.4 Å². The lowest BCUT2D eigenvalue weighted by Gasteiger charge is -2.03. The Bertz CT molecular complexity index is 239. The molecule has 0 spiro atoms. The second-order valence-electron chi connectivity index (χ2n) is 3.56. The topological polar surface area (TPSA) is 34.1 Å². The number of unbranched alkanes of at least 4 members (excludes halogenated alkanes) is 1. The van der Waals surface area contributed by atoms with Gasteiger partial charge in [0.15, 0.2) is 0 Å². The van der Waals surface area contributed by atoms with Gasteiger partial charge in [-0.2, -0.15) is 0 Å². The molecule has 0 fully saturated rings. The van der Waals surface area contributed by atoms with Crippen LogP contribution in [0.3, 0.4) is 0 Å². The molecule has 0 saturated carbocycles. The van der Waals surface area contributed by atoms with Crippen LogP contribution in [-0.4, -0.2) is 31.8 Å². The average molecular weight is 208 g/mol. The van der Waals surface area contributed by atoms with E-state index in [0.29, 0.717) is 0 Å². The van der Waals surface area contributed by atoms with Gasteiger partial charge in [0.1, 0.15) is 0 Å². The average Bonchev–Trinajstić information content (AvgIpc) is 2.29. The molecule has 1 aromatic rings. The fourth-order valence-electron chi connectivity index (χ4n) is 1.43. The zero-order valence-electron chi connectivity index (χ0n) is 9.41. The first-order valence-corrected chi connectivity index (χ1v) is 5.52. The third-order valence-electron chi connectivity index (χ3n) is 2.30. The highest BCUT2D eigenvalue weighted by Crippen LogP contribution is 2.02. The summed E-state index contributed by atoms with van der Waals surface area (Å²) in [4.78, 5) is 4.00. The minimum atomic E-state index is 0.796. The SMILES string of the molecule is COCCNCCCCc1ccncc1. The van der Waals surface area contributed by atoms with E-state index in [1.807, 2.05) is 12.4 Å². The molecule has 0 aliphatic rings. The molecule has 0 aliphatic carbocycles. The maximum absolute atomic E-state index is 4.95. The predicted molar refractivity (Wildman–Crippen MR) is 61.9 cm³/mol. The minimum absolute atomic E-state index is 0.796. The van der Waals surface area contributed by atoms with Crippen molar-refractivity contribution in [1.82, 2.24) is 10.3 Å². The molecule has 1 heterocycles. The molecule has 84 valence electrons. The number of nitrogens with zero attached hydrogens (tertiary/aromatic N) is 1. The molecule has 0 saturated heterocycles. The van der Waals surface area contributed by atoms with Crippen LogP contribution in [0.2, 0.25) is 0 Å². The van der Waals surface area contributed by atoms with Gasteiger partial charge in [-0.1, -0.05) is 0 Å². The van der Waals surface area contributed by atoms with E-state index < -0.39 is 0 Å². The van der Waals surface area contributed by atoms with Gasteiger partial charge in [0, 0.05) is 26.0 Å². The molecule has 1 rings (SSSR count). The number of aryl methyl sites for hydroxylation is 1. The Morgan fingerprint density at radius 1 is 1.20 bits per heavy atom. The van der Waals surface area contributed by atoms with E-state index in [1.54, 1.807) is 7.11 Å². The molecule has 0 bridgehead atoms. The maximum Gasteiger partial charge on any atom is 0.0587 e. The highest BCUT2D eigenvalue weighted by molar-refractivity contribution is 5.09. The lowest BCUT2D eigenvalue weighted by molar-refractivity contribution is 0.199. The first-order chi connectivity index (χ1) is 7.43. The van der Waals surface area contributed by atoms with E-state index >= 15 is 0 Å². The predicted octanol–water partition coefficient (Wildman–Crippen LogP) is 1.64. The molecule has 0 atom stereocenters. The normalized spacial score (nSPS) is 10.5. The van der Waals surface area contributed by atoms with Gasteiger partial charge in [-0.25, -0.2) is 0 Å². The lowest BCUT2D eigenvalue weighted by Crippen LogP contribution is -2.20. The second kappa shape index (κ2) is 8.38. The summed E-state index contributed by atoms with van der Waals surface area (Å²) in [6.45, 7) is 2.82. The number of methoxy groups -OCH3 is 1. The largest absolute Gasteiger partial charge is 0.383 e. The van der Waals surface area contributed by atoms with E-state index in [9.17, 15) is 0 Å². The molecule has 15 heavy (non-hydrogen) atoms. The Hall–Kier alpha value is -0.930. The summed E-state index contributed by atoms with van der Waals surface area (Å²) in [6.07, 6.45) is 7.29. The third kappa shape index (κ3) is 6.20. The fraction of sp³-hybridized carbons (Fsp3) is 0.583. The van der Waals surface area contributed by atoms with Crippen LogP contribution >= 0.6 is 0 Å². The highest BCUT2D eigenvalue weighted by atomic mass is 16.5. The van der Waals surface area contributed by atoms with Crippen LogP contribution in [0.1, 0.15) is 18.4 Å². The standard InChI is InChI=1S/C12H20N2O/c1-15-11-10-13-7-3-2-4-12-5-8-14-9-6-12/h5-6,8-9,13H,2-4,7,10-11H2,1H3. The Morgan fingerprint density at radius 3 is 2.73 bits per heavy atom. The molecule has 3 nitrogen and oxygen atoms in total. The minimum Gasteiger partial charge on any atom is -0.383 e. The van der Waals surface area contributed by atoms with Crippen LogP contribution in [0.15, 0.2) is 24.5 Å². The number of ether oxygens (including phenoxy) is 1. The molecule has 0 amide bonds. The van der Waals surface area contributed by atoms with Gasteiger partial charge < -0.3 is 10.1 Å². The number of nitrogens with one attached hydrogen (secondary N) is 1. The van der Waals surface area contributed by atoms with Gasteiger partial charge in [-0.15, -0.1) is 0 Å². The van der Waals surface area contributed by atoms with Crippen LogP contribution in [0.5, 0.6) is 0 Å². The molecule has 0 radical (unpaired) electrons. The number of aromatic nitrogens is 1. The summed E-state index contributed by atoms with van der Waals surface area (Å²) >= 11 is 0. The zero-order valence-corrected chi connectivity index (χ0v) is 9.41. The molecular formula is C12H20N2O. The van der Waals surface area contributed by atoms with Crippen LogP contribution in [0.4, 0.5) is 0 Å². The molecule has 1 N–H and O–H groups in total. The monoisotopic (exact) mass is 208 g/mol. The van der Waals surface area contributed by atoms with Crippen molar-refractivity contribution in [2.24, 2.45) is 0 Å². The second-order valence-corrected chi connectivity index (χ2v) is 3.56. The Labute approximate surface area is 91.9 Å². The van der Waals surface area contributed by atoms with Crippen molar-refractivity contribution in [2.45, 2.75) is 19.3 Å². The van der Waals surface area contributed by atoms with E-state index in [-0.39, 0.29) is 0 Å². The van der Waals surface area contributed by atoms with Crippen molar-refractivity contribution in [3.05, 3.63) is 30.1 Å². The summed E-state index contributed by atoms with van der Waals surface area (Å²) in [5.41, 5.74) is 1.38. The van der Waals surface area contributed by atoms with Crippen molar-refractivity contribution in [3.8, 4) is 0 Å². The molecule has 1 aromatic heterocycles. The van der Waals surface area contributed by atoms with Gasteiger partial charge >= 0.3 is 0 Å². The third-order valence-corrected chi connectivity index (χ3v) is 2.30. The Balaban J connectivity index is 1.93. The molecule has 0 aromatic carbocycles. The number of pyridine rings is 1. The van der Waals surface area contributed by atoms with Gasteiger partial charge in [0.05, 0.1) is 6.61 Å². The number of hydrogen-bond acceptors (Lipinski definition) is 3. The van der Waals surface area contributed by atoms with Gasteiger partial charge in [0.2, 0.25) is 0 Å². The Kier molecular flexibility index (Phi) is 6.79. The van der Waals surface area contributed by atoms with Crippen molar-refractivity contribution in [2.75, 3.05) is 26.8 Å². The van der Waals surface area contributed by atoms with Crippen LogP contribution < -0.4 is 5.32 Å². The van der Waals surface area contributed by atoms with Crippen molar-refractivity contribution in [1.29, 1.82) is 0 Å². The van der Waals surface area contributed by atoms with Crippen molar-refractivity contribution >= 4 is 0 Å². The molecule has 0 aliphatic heterocycles. The van der Waals surface area contributed by atoms with Crippen LogP contribution in [-0.2, 0) is 11.2 Å². The van der Waals surface area contributed by atoms with E-state index in [0.717, 1.165) is 26.1 Å². The first-order valence-electron chi connectivity index (χ1n) is 5.52. The van der Waals surface area contributed by atoms with Crippen molar-refractivity contribution in [3.63, 3.8) is 0 Å². The highest BCUT2D eigenvalue weighted by Gasteiger charge is 1.92. The van der Waals surface area contributed by atoms with Crippen LogP contribution in [0.25, 0.3) is 0 Å². The van der Waals surface area contributed by atoms with Gasteiger partial charge in [-0.3, -0.25) is 4.98 Å². The number of rotatable bonds is 8. The summed E-state index contributed by atoms with van der Waals surface area (Å²) in [5.74, 6) is 0. The first kappa shape index (κ1) is 12.1. The fourth-order valence-corrected chi connectivity index (χ4v) is 1.43. The van der Waals surface area contributed by atoms with Gasteiger partial charge in [-0.05, 0) is 43.5 Å². The maximum atomic E-state index is 4.95. The van der Waals surface area contributed by atoms with E-state index in [1.165, 1.54) is 18.4 Å².